The topological polar surface area (TPSA) is 72.7 Å². The van der Waals surface area contributed by atoms with E-state index in [4.69, 9.17) is 32.9 Å². The number of nitriles is 1. The van der Waals surface area contributed by atoms with Crippen LogP contribution in [0.15, 0.2) is 55.1 Å². The van der Waals surface area contributed by atoms with Gasteiger partial charge in [-0.25, -0.2) is 9.37 Å². The number of rotatable bonds is 6. The third kappa shape index (κ3) is 4.57. The summed E-state index contributed by atoms with van der Waals surface area (Å²) in [5.41, 5.74) is 2.98. The number of nitrogens with zero attached hydrogens (tertiary/aromatic N) is 5. The maximum absolute atomic E-state index is 14.6. The van der Waals surface area contributed by atoms with Crippen molar-refractivity contribution in [2.24, 2.45) is 0 Å². The summed E-state index contributed by atoms with van der Waals surface area (Å²) in [5.74, 6) is -0.325. The zero-order valence-electron chi connectivity index (χ0n) is 24.2. The van der Waals surface area contributed by atoms with Crippen LogP contribution in [0.1, 0.15) is 24.8 Å². The first kappa shape index (κ1) is 28.8. The lowest BCUT2D eigenvalue weighted by molar-refractivity contribution is -0.127. The van der Waals surface area contributed by atoms with Crippen LogP contribution in [0.2, 0.25) is 10.0 Å². The monoisotopic (exact) mass is 629 g/mol. The molecule has 3 atom stereocenters. The Morgan fingerprint density at radius 3 is 2.77 bits per heavy atom. The average Bonchev–Trinajstić information content (AvgIpc) is 3.58. The number of anilines is 1. The van der Waals surface area contributed by atoms with Crippen LogP contribution in [-0.4, -0.2) is 72.1 Å². The fourth-order valence-electron chi connectivity index (χ4n) is 7.12. The van der Waals surface area contributed by atoms with Gasteiger partial charge in [-0.2, -0.15) is 5.26 Å². The highest BCUT2D eigenvalue weighted by atomic mass is 35.5. The van der Waals surface area contributed by atoms with Crippen molar-refractivity contribution in [2.75, 3.05) is 38.2 Å². The Bertz CT molecular complexity index is 1890. The van der Waals surface area contributed by atoms with Crippen LogP contribution in [-0.2, 0) is 4.79 Å². The highest BCUT2D eigenvalue weighted by Crippen LogP contribution is 2.46. The van der Waals surface area contributed by atoms with Crippen molar-refractivity contribution in [3.05, 3.63) is 76.5 Å². The molecule has 4 aromatic rings. The Balaban J connectivity index is 1.39. The summed E-state index contributed by atoms with van der Waals surface area (Å²) >= 11 is 13.5. The van der Waals surface area contributed by atoms with Gasteiger partial charge in [0.25, 0.3) is 0 Å². The van der Waals surface area contributed by atoms with Gasteiger partial charge < -0.3 is 19.4 Å². The number of pyridine rings is 1. The van der Waals surface area contributed by atoms with E-state index in [2.05, 4.69) is 29.5 Å². The van der Waals surface area contributed by atoms with Gasteiger partial charge in [0, 0.05) is 40.5 Å². The number of hydrogen-bond acceptors (Lipinski definition) is 6. The van der Waals surface area contributed by atoms with Gasteiger partial charge >= 0.3 is 0 Å². The third-order valence-corrected chi connectivity index (χ3v) is 10.2. The number of halogens is 3. The number of hydrogen-bond donors (Lipinski definition) is 0. The molecule has 3 aliphatic rings. The molecule has 44 heavy (non-hydrogen) atoms. The van der Waals surface area contributed by atoms with Gasteiger partial charge in [0.1, 0.15) is 24.1 Å². The van der Waals surface area contributed by atoms with E-state index in [0.29, 0.717) is 63.4 Å². The molecular weight excluding hydrogens is 600 g/mol. The molecule has 10 heteroatoms. The van der Waals surface area contributed by atoms with Crippen molar-refractivity contribution in [2.45, 2.75) is 37.4 Å². The molecule has 0 unspecified atom stereocenters. The summed E-state index contributed by atoms with van der Waals surface area (Å²) in [6, 6.07) is 15.1. The Morgan fingerprint density at radius 1 is 1.18 bits per heavy atom. The highest BCUT2D eigenvalue weighted by molar-refractivity contribution is 6.38. The fraction of sp³-hybridized carbons (Fsp3) is 0.324. The predicted molar refractivity (Wildman–Crippen MR) is 172 cm³/mol. The molecule has 7 rings (SSSR count). The minimum absolute atomic E-state index is 0.0268. The number of likely N-dealkylation sites (tertiary alicyclic amines) is 2. The number of amides is 1. The summed E-state index contributed by atoms with van der Waals surface area (Å²) < 4.78 is 20.9. The second-order valence-corrected chi connectivity index (χ2v) is 12.6. The second kappa shape index (κ2) is 11.2. The summed E-state index contributed by atoms with van der Waals surface area (Å²) in [5, 5.41) is 13.0. The predicted octanol–water partition coefficient (Wildman–Crippen LogP) is 6.82. The van der Waals surface area contributed by atoms with Gasteiger partial charge in [-0.15, -0.1) is 0 Å². The summed E-state index contributed by atoms with van der Waals surface area (Å²) in [6.45, 7) is 6.27. The van der Waals surface area contributed by atoms with Crippen molar-refractivity contribution in [1.29, 1.82) is 5.26 Å². The van der Waals surface area contributed by atoms with Gasteiger partial charge in [-0.05, 0) is 68.1 Å². The Labute approximate surface area is 265 Å². The zero-order chi connectivity index (χ0) is 30.7. The number of likely N-dealkylation sites (N-methyl/N-ethyl adjacent to an activating group) is 1. The molecule has 3 fully saturated rings. The van der Waals surface area contributed by atoms with Crippen LogP contribution < -0.4 is 9.64 Å². The first-order chi connectivity index (χ1) is 21.3. The standard InChI is InChI=1S/C34H30Cl2FN5O2/c1-3-30(43)41-13-11-28-29(41)17-42(28)33-23-14-25(35)22(21-8-4-6-19-9-10-26(37)32(36)31(19)21)15-27(23)39-34(24(33)16-38)44-18-20-7-5-12-40(20)2/h3-4,6,8-10,14-15,20,28-29H,1,5,7,11-13,17-18H2,2H3/t20-,28+,29+/m0/s1. The van der Waals surface area contributed by atoms with Crippen molar-refractivity contribution in [3.8, 4) is 23.1 Å². The Hall–Kier alpha value is -3.90. The molecular formula is C34H30Cl2FN5O2. The largest absolute Gasteiger partial charge is 0.475 e. The first-order valence-electron chi connectivity index (χ1n) is 14.8. The van der Waals surface area contributed by atoms with E-state index in [1.807, 2.05) is 35.2 Å². The molecule has 1 aromatic heterocycles. The van der Waals surface area contributed by atoms with E-state index in [1.165, 1.54) is 12.1 Å². The SMILES string of the molecule is C=CC(=O)N1CC[C@@H]2[C@H]1CN2c1c(C#N)c(OC[C@@H]2CCCN2C)nc2cc(-c3cccc4ccc(F)c(Cl)c34)c(Cl)cc12. The maximum Gasteiger partial charge on any atom is 0.246 e. The molecule has 0 saturated carbocycles. The van der Waals surface area contributed by atoms with Crippen molar-refractivity contribution < 1.29 is 13.9 Å². The molecule has 0 bridgehead atoms. The minimum atomic E-state index is -0.511. The molecule has 3 aliphatic heterocycles. The van der Waals surface area contributed by atoms with Gasteiger partial charge in [0.15, 0.2) is 0 Å². The van der Waals surface area contributed by atoms with Crippen molar-refractivity contribution in [1.82, 2.24) is 14.8 Å². The van der Waals surface area contributed by atoms with Crippen LogP contribution in [0.3, 0.4) is 0 Å². The average molecular weight is 631 g/mol. The fourth-order valence-corrected chi connectivity index (χ4v) is 7.66. The summed E-state index contributed by atoms with van der Waals surface area (Å²) in [6.07, 6.45) is 4.24. The summed E-state index contributed by atoms with van der Waals surface area (Å²) in [4.78, 5) is 23.7. The lowest BCUT2D eigenvalue weighted by Gasteiger charge is -2.48. The number of aromatic nitrogens is 1. The lowest BCUT2D eigenvalue weighted by Crippen LogP contribution is -2.63. The first-order valence-corrected chi connectivity index (χ1v) is 15.5. The van der Waals surface area contributed by atoms with E-state index >= 15 is 0 Å². The molecule has 4 heterocycles. The van der Waals surface area contributed by atoms with E-state index in [1.54, 1.807) is 6.07 Å². The number of benzene rings is 3. The number of fused-ring (bicyclic) bond motifs is 3. The number of carbonyl (C=O) groups excluding carboxylic acids is 1. The number of ether oxygens (including phenoxy) is 1. The smallest absolute Gasteiger partial charge is 0.246 e. The molecule has 0 spiro atoms. The molecule has 0 N–H and O–H groups in total. The second-order valence-electron chi connectivity index (χ2n) is 11.8. The van der Waals surface area contributed by atoms with E-state index in [-0.39, 0.29) is 34.9 Å². The molecule has 7 nitrogen and oxygen atoms in total. The highest BCUT2D eigenvalue weighted by Gasteiger charge is 2.49. The molecule has 224 valence electrons. The number of carbonyl (C=O) groups is 1. The summed E-state index contributed by atoms with van der Waals surface area (Å²) in [7, 11) is 2.08. The normalized spacial score (nSPS) is 21.4. The van der Waals surface area contributed by atoms with Gasteiger partial charge in [0.2, 0.25) is 11.8 Å². The quantitative estimate of drug-likeness (QED) is 0.218. The van der Waals surface area contributed by atoms with Crippen LogP contribution in [0.4, 0.5) is 10.1 Å². The van der Waals surface area contributed by atoms with Crippen molar-refractivity contribution in [3.63, 3.8) is 0 Å². The van der Waals surface area contributed by atoms with Crippen LogP contribution in [0.5, 0.6) is 5.88 Å². The van der Waals surface area contributed by atoms with Crippen LogP contribution in [0, 0.1) is 17.1 Å². The molecule has 0 radical (unpaired) electrons. The molecule has 1 amide bonds. The van der Waals surface area contributed by atoms with Crippen LogP contribution in [0.25, 0.3) is 32.8 Å². The Kier molecular flexibility index (Phi) is 7.36. The van der Waals surface area contributed by atoms with Gasteiger partial charge in [-0.3, -0.25) is 4.79 Å². The van der Waals surface area contributed by atoms with Crippen molar-refractivity contribution >= 4 is 56.5 Å². The van der Waals surface area contributed by atoms with E-state index < -0.39 is 5.82 Å². The third-order valence-electron chi connectivity index (χ3n) is 9.47. The Morgan fingerprint density at radius 2 is 2.02 bits per heavy atom. The van der Waals surface area contributed by atoms with Crippen LogP contribution >= 0.6 is 23.2 Å². The maximum atomic E-state index is 14.6. The molecule has 0 aliphatic carbocycles. The van der Waals surface area contributed by atoms with Gasteiger partial charge in [0.05, 0.1) is 28.3 Å². The minimum Gasteiger partial charge on any atom is -0.475 e. The molecule has 3 saturated heterocycles. The molecule has 3 aromatic carbocycles. The van der Waals surface area contributed by atoms with E-state index in [0.717, 1.165) is 31.2 Å². The van der Waals surface area contributed by atoms with E-state index in [9.17, 15) is 14.4 Å². The lowest BCUT2D eigenvalue weighted by atomic mass is 9.92. The van der Waals surface area contributed by atoms with Gasteiger partial charge in [-0.1, -0.05) is 54.0 Å². The zero-order valence-corrected chi connectivity index (χ0v) is 25.7.